The summed E-state index contributed by atoms with van der Waals surface area (Å²) in [6.07, 6.45) is 5.46. The molecule has 0 saturated carbocycles. The van der Waals surface area contributed by atoms with E-state index >= 15 is 0 Å². The number of ether oxygens (including phenoxy) is 2. The van der Waals surface area contributed by atoms with E-state index in [0.29, 0.717) is 12.5 Å². The van der Waals surface area contributed by atoms with Gasteiger partial charge in [0.2, 0.25) is 0 Å². The fourth-order valence-corrected chi connectivity index (χ4v) is 4.68. The molecule has 1 aromatic carbocycles. The maximum atomic E-state index is 10.1. The molecule has 4 heteroatoms. The van der Waals surface area contributed by atoms with E-state index in [2.05, 4.69) is 33.0 Å². The van der Waals surface area contributed by atoms with Crippen molar-refractivity contribution in [2.75, 3.05) is 20.7 Å². The Morgan fingerprint density at radius 1 is 1.38 bits per heavy atom. The van der Waals surface area contributed by atoms with Crippen LogP contribution in [0, 0.1) is 0 Å². The van der Waals surface area contributed by atoms with E-state index in [-0.39, 0.29) is 11.5 Å². The average Bonchev–Trinajstić information content (AvgIpc) is 2.81. The Morgan fingerprint density at radius 2 is 2.17 bits per heavy atom. The molecule has 0 radical (unpaired) electrons. The molecule has 24 heavy (non-hydrogen) atoms. The zero-order valence-electron chi connectivity index (χ0n) is 15.1. The molecule has 0 bridgehead atoms. The van der Waals surface area contributed by atoms with E-state index < -0.39 is 6.10 Å². The smallest absolute Gasteiger partial charge is 0.166 e. The summed E-state index contributed by atoms with van der Waals surface area (Å²) in [4.78, 5) is 0. The third-order valence-electron chi connectivity index (χ3n) is 6.61. The average molecular weight is 330 g/mol. The molecule has 2 heterocycles. The maximum absolute atomic E-state index is 10.1. The van der Waals surface area contributed by atoms with Gasteiger partial charge in [0.25, 0.3) is 0 Å². The van der Waals surface area contributed by atoms with Gasteiger partial charge in [-0.15, -0.1) is 0 Å². The molecule has 4 rings (SSSR count). The lowest BCUT2D eigenvalue weighted by atomic mass is 9.69. The van der Waals surface area contributed by atoms with Gasteiger partial charge in [0.1, 0.15) is 12.6 Å². The number of nitrogens with zero attached hydrogens (tertiary/aromatic N) is 1. The van der Waals surface area contributed by atoms with Crippen molar-refractivity contribution in [3.63, 3.8) is 0 Å². The first-order valence-electron chi connectivity index (χ1n) is 8.98. The highest BCUT2D eigenvalue weighted by Gasteiger charge is 2.54. The van der Waals surface area contributed by atoms with E-state index in [1.54, 1.807) is 7.11 Å². The van der Waals surface area contributed by atoms with Crippen molar-refractivity contribution in [2.45, 2.75) is 56.9 Å². The summed E-state index contributed by atoms with van der Waals surface area (Å²) >= 11 is 0. The zero-order valence-corrected chi connectivity index (χ0v) is 15.1. The normalized spacial score (nSPS) is 36.8. The second-order valence-electron chi connectivity index (χ2n) is 8.14. The maximum Gasteiger partial charge on any atom is 0.166 e. The van der Waals surface area contributed by atoms with Crippen molar-refractivity contribution < 1.29 is 19.1 Å². The van der Waals surface area contributed by atoms with Crippen molar-refractivity contribution in [2.24, 2.45) is 0 Å². The number of rotatable bonds is 2. The Kier molecular flexibility index (Phi) is 3.49. The number of methoxy groups -OCH3 is 1. The highest BCUT2D eigenvalue weighted by Crippen LogP contribution is 2.56. The molecule has 0 aromatic heterocycles. The SMILES string of the molecule is COc1ccc2c3c1O[C@H]1C[C@@H](O)C=C[C@@]31CC[N+](C)(C(C)C)C2. The summed E-state index contributed by atoms with van der Waals surface area (Å²) in [6.45, 7) is 6.73. The topological polar surface area (TPSA) is 38.7 Å². The molecule has 4 nitrogen and oxygen atoms in total. The van der Waals surface area contributed by atoms with Crippen LogP contribution in [0.15, 0.2) is 24.3 Å². The van der Waals surface area contributed by atoms with Crippen LogP contribution in [0.3, 0.4) is 0 Å². The Labute approximate surface area is 144 Å². The van der Waals surface area contributed by atoms with Gasteiger partial charge >= 0.3 is 0 Å². The first kappa shape index (κ1) is 16.0. The minimum Gasteiger partial charge on any atom is -0.493 e. The minimum atomic E-state index is -0.418. The van der Waals surface area contributed by atoms with E-state index in [1.165, 1.54) is 11.1 Å². The Bertz CT molecular complexity index is 698. The van der Waals surface area contributed by atoms with E-state index in [1.807, 2.05) is 12.1 Å². The summed E-state index contributed by atoms with van der Waals surface area (Å²) in [5.74, 6) is 1.71. The van der Waals surface area contributed by atoms with Gasteiger partial charge < -0.3 is 19.1 Å². The highest BCUT2D eigenvalue weighted by molar-refractivity contribution is 5.60. The molecule has 1 unspecified atom stereocenters. The summed E-state index contributed by atoms with van der Waals surface area (Å²) in [6, 6.07) is 4.82. The van der Waals surface area contributed by atoms with Gasteiger partial charge in [-0.3, -0.25) is 0 Å². The molecule has 1 N–H and O–H groups in total. The van der Waals surface area contributed by atoms with Gasteiger partial charge in [0.05, 0.1) is 38.3 Å². The van der Waals surface area contributed by atoms with Gasteiger partial charge in [0, 0.05) is 24.0 Å². The quantitative estimate of drug-likeness (QED) is 0.669. The van der Waals surface area contributed by atoms with E-state index in [4.69, 9.17) is 9.47 Å². The molecular weight excluding hydrogens is 302 g/mol. The van der Waals surface area contributed by atoms with Crippen LogP contribution in [-0.2, 0) is 12.0 Å². The van der Waals surface area contributed by atoms with Gasteiger partial charge in [0.15, 0.2) is 11.5 Å². The lowest BCUT2D eigenvalue weighted by Gasteiger charge is -2.40. The fourth-order valence-electron chi connectivity index (χ4n) is 4.68. The van der Waals surface area contributed by atoms with Crippen LogP contribution < -0.4 is 9.47 Å². The molecule has 2 aliphatic heterocycles. The lowest BCUT2D eigenvalue weighted by molar-refractivity contribution is -0.942. The Hall–Kier alpha value is -1.52. The summed E-state index contributed by atoms with van der Waals surface area (Å²) in [5, 5.41) is 10.1. The predicted molar refractivity (Wildman–Crippen MR) is 93.4 cm³/mol. The molecule has 4 atom stereocenters. The molecule has 1 spiro atoms. The van der Waals surface area contributed by atoms with Crippen LogP contribution >= 0.6 is 0 Å². The Balaban J connectivity index is 1.93. The number of aliphatic hydroxyl groups is 1. The number of benzene rings is 1. The van der Waals surface area contributed by atoms with E-state index in [9.17, 15) is 5.11 Å². The van der Waals surface area contributed by atoms with Crippen molar-refractivity contribution in [1.29, 1.82) is 0 Å². The number of hydrogen-bond donors (Lipinski definition) is 1. The third kappa shape index (κ3) is 2.06. The van der Waals surface area contributed by atoms with E-state index in [0.717, 1.165) is 35.5 Å². The van der Waals surface area contributed by atoms with Gasteiger partial charge in [-0.25, -0.2) is 0 Å². The van der Waals surface area contributed by atoms with Gasteiger partial charge in [-0.05, 0) is 26.0 Å². The lowest BCUT2D eigenvalue weighted by Crippen LogP contribution is -2.50. The third-order valence-corrected chi connectivity index (χ3v) is 6.61. The van der Waals surface area contributed by atoms with Crippen LogP contribution in [0.2, 0.25) is 0 Å². The molecule has 1 aliphatic carbocycles. The zero-order chi connectivity index (χ0) is 17.1. The van der Waals surface area contributed by atoms with Crippen molar-refractivity contribution in [3.05, 3.63) is 35.4 Å². The monoisotopic (exact) mass is 330 g/mol. The van der Waals surface area contributed by atoms with Crippen LogP contribution in [0.25, 0.3) is 0 Å². The van der Waals surface area contributed by atoms with Crippen LogP contribution in [0.4, 0.5) is 0 Å². The number of aliphatic hydroxyl groups excluding tert-OH is 1. The molecule has 0 amide bonds. The predicted octanol–water partition coefficient (Wildman–Crippen LogP) is 2.77. The molecule has 0 fully saturated rings. The largest absolute Gasteiger partial charge is 0.493 e. The summed E-state index contributed by atoms with van der Waals surface area (Å²) in [7, 11) is 4.06. The number of quaternary nitrogens is 1. The first-order chi connectivity index (χ1) is 11.4. The van der Waals surface area contributed by atoms with Gasteiger partial charge in [-0.2, -0.15) is 0 Å². The molecule has 0 saturated heterocycles. The van der Waals surface area contributed by atoms with Crippen LogP contribution in [0.5, 0.6) is 11.5 Å². The summed E-state index contributed by atoms with van der Waals surface area (Å²) in [5.41, 5.74) is 2.55. The van der Waals surface area contributed by atoms with Crippen molar-refractivity contribution in [3.8, 4) is 11.5 Å². The molecule has 1 aromatic rings. The number of hydrogen-bond acceptors (Lipinski definition) is 3. The first-order valence-corrected chi connectivity index (χ1v) is 8.98. The van der Waals surface area contributed by atoms with Crippen LogP contribution in [0.1, 0.15) is 37.8 Å². The fraction of sp³-hybridized carbons (Fsp3) is 0.600. The van der Waals surface area contributed by atoms with Crippen molar-refractivity contribution in [1.82, 2.24) is 0 Å². The summed E-state index contributed by atoms with van der Waals surface area (Å²) < 4.78 is 13.0. The second-order valence-corrected chi connectivity index (χ2v) is 8.14. The highest BCUT2D eigenvalue weighted by atomic mass is 16.5. The van der Waals surface area contributed by atoms with Crippen LogP contribution in [-0.4, -0.2) is 48.5 Å². The molecule has 3 aliphatic rings. The molecular formula is C20H28NO3+. The standard InChI is InChI=1S/C20H28NO3/c1-13(2)21(3)10-9-20-8-7-15(22)11-17(20)24-19-16(23-4)6-5-14(12-21)18(19)20/h5-8,13,15,17,22H,9-12H2,1-4H3/q+1/t15-,17-,20-,21?/m0/s1. The Morgan fingerprint density at radius 3 is 2.88 bits per heavy atom. The molecule has 130 valence electrons. The van der Waals surface area contributed by atoms with Crippen molar-refractivity contribution >= 4 is 0 Å². The van der Waals surface area contributed by atoms with Gasteiger partial charge in [-0.1, -0.05) is 12.2 Å². The minimum absolute atomic E-state index is 0.00117. The second kappa shape index (κ2) is 5.24.